The number of hydrogen-bond donors (Lipinski definition) is 1. The number of nitrogens with one attached hydrogen (secondary N) is 1. The molecule has 1 unspecified atom stereocenters. The van der Waals surface area contributed by atoms with E-state index in [4.69, 9.17) is 4.74 Å². The van der Waals surface area contributed by atoms with Gasteiger partial charge in [-0.05, 0) is 29.7 Å². The number of hydrogen-bond acceptors (Lipinski definition) is 2. The predicted octanol–water partition coefficient (Wildman–Crippen LogP) is 4.12. The summed E-state index contributed by atoms with van der Waals surface area (Å²) in [5, 5.41) is 2.72. The maximum absolute atomic E-state index is 11.7. The first-order valence-electron chi connectivity index (χ1n) is 7.06. The van der Waals surface area contributed by atoms with E-state index in [2.05, 4.69) is 29.6 Å². The second-order valence-corrected chi connectivity index (χ2v) is 5.11. The Morgan fingerprint density at radius 2 is 1.86 bits per heavy atom. The van der Waals surface area contributed by atoms with Gasteiger partial charge < -0.3 is 4.74 Å². The number of amides is 1. The van der Waals surface area contributed by atoms with E-state index in [9.17, 15) is 4.79 Å². The summed E-state index contributed by atoms with van der Waals surface area (Å²) < 4.78 is 5.30. The van der Waals surface area contributed by atoms with Crippen LogP contribution in [0.25, 0.3) is 6.08 Å². The van der Waals surface area contributed by atoms with Gasteiger partial charge >= 0.3 is 6.09 Å². The van der Waals surface area contributed by atoms with Crippen LogP contribution in [0.1, 0.15) is 11.1 Å². The molecule has 0 aromatic heterocycles. The van der Waals surface area contributed by atoms with Gasteiger partial charge in [-0.3, -0.25) is 5.32 Å². The van der Waals surface area contributed by atoms with Crippen LogP contribution in [-0.4, -0.2) is 12.7 Å². The fourth-order valence-corrected chi connectivity index (χ4v) is 2.45. The van der Waals surface area contributed by atoms with Gasteiger partial charge in [-0.25, -0.2) is 4.79 Å². The number of para-hydroxylation sites is 1. The number of ether oxygens (including phenoxy) is 1. The number of fused-ring (bicyclic) bond motifs is 1. The van der Waals surface area contributed by atoms with Crippen LogP contribution in [0, 0.1) is 5.92 Å². The van der Waals surface area contributed by atoms with Crippen molar-refractivity contribution in [3.63, 3.8) is 0 Å². The van der Waals surface area contributed by atoms with Gasteiger partial charge in [-0.15, -0.1) is 0 Å². The Balaban J connectivity index is 1.51. The topological polar surface area (TPSA) is 38.3 Å². The van der Waals surface area contributed by atoms with Gasteiger partial charge in [0, 0.05) is 11.6 Å². The van der Waals surface area contributed by atoms with Crippen LogP contribution in [0.3, 0.4) is 0 Å². The molecule has 3 heteroatoms. The maximum atomic E-state index is 11.7. The Morgan fingerprint density at radius 3 is 2.71 bits per heavy atom. The molecule has 0 aliphatic heterocycles. The molecule has 106 valence electrons. The van der Waals surface area contributed by atoms with Crippen molar-refractivity contribution < 1.29 is 9.53 Å². The number of rotatable bonds is 3. The lowest BCUT2D eigenvalue weighted by atomic mass is 9.90. The van der Waals surface area contributed by atoms with Gasteiger partial charge in [0.2, 0.25) is 0 Å². The van der Waals surface area contributed by atoms with Crippen LogP contribution in [0.4, 0.5) is 10.5 Å². The highest BCUT2D eigenvalue weighted by atomic mass is 16.5. The summed E-state index contributed by atoms with van der Waals surface area (Å²) >= 11 is 0. The minimum atomic E-state index is -0.409. The summed E-state index contributed by atoms with van der Waals surface area (Å²) in [6.07, 6.45) is 4.71. The van der Waals surface area contributed by atoms with Crippen LogP contribution >= 0.6 is 0 Å². The molecule has 0 spiro atoms. The molecule has 0 heterocycles. The van der Waals surface area contributed by atoms with E-state index in [1.165, 1.54) is 11.1 Å². The molecule has 0 radical (unpaired) electrons. The second kappa shape index (κ2) is 6.27. The molecule has 2 aromatic carbocycles. The summed E-state index contributed by atoms with van der Waals surface area (Å²) in [4.78, 5) is 11.7. The monoisotopic (exact) mass is 279 g/mol. The summed E-state index contributed by atoms with van der Waals surface area (Å²) in [6, 6.07) is 17.6. The van der Waals surface area contributed by atoms with Crippen LogP contribution in [0.15, 0.2) is 60.7 Å². The van der Waals surface area contributed by atoms with E-state index in [-0.39, 0.29) is 5.92 Å². The minimum absolute atomic E-state index is 0.237. The van der Waals surface area contributed by atoms with E-state index < -0.39 is 6.09 Å². The zero-order valence-electron chi connectivity index (χ0n) is 11.7. The second-order valence-electron chi connectivity index (χ2n) is 5.11. The zero-order valence-corrected chi connectivity index (χ0v) is 11.7. The zero-order chi connectivity index (χ0) is 14.5. The molecule has 3 rings (SSSR count). The van der Waals surface area contributed by atoms with Crippen LogP contribution in [-0.2, 0) is 11.2 Å². The van der Waals surface area contributed by atoms with Gasteiger partial charge in [-0.1, -0.05) is 54.6 Å². The molecule has 0 fully saturated rings. The van der Waals surface area contributed by atoms with Gasteiger partial charge in [-0.2, -0.15) is 0 Å². The van der Waals surface area contributed by atoms with Crippen molar-refractivity contribution in [1.29, 1.82) is 0 Å². The average Bonchev–Trinajstić information content (AvgIpc) is 2.54. The smallest absolute Gasteiger partial charge is 0.411 e. The summed E-state index contributed by atoms with van der Waals surface area (Å²) in [7, 11) is 0. The normalized spacial score (nSPS) is 16.1. The van der Waals surface area contributed by atoms with Crippen molar-refractivity contribution in [3.05, 3.63) is 71.8 Å². The molecular weight excluding hydrogens is 262 g/mol. The van der Waals surface area contributed by atoms with E-state index in [0.29, 0.717) is 6.61 Å². The van der Waals surface area contributed by atoms with Crippen LogP contribution in [0.2, 0.25) is 0 Å². The van der Waals surface area contributed by atoms with E-state index in [1.807, 2.05) is 42.5 Å². The first-order chi connectivity index (χ1) is 10.3. The highest BCUT2D eigenvalue weighted by molar-refractivity contribution is 5.84. The molecule has 0 bridgehead atoms. The molecule has 2 aromatic rings. The molecule has 3 nitrogen and oxygen atoms in total. The van der Waals surface area contributed by atoms with Crippen molar-refractivity contribution in [2.45, 2.75) is 6.42 Å². The highest BCUT2D eigenvalue weighted by Gasteiger charge is 2.15. The fourth-order valence-electron chi connectivity index (χ4n) is 2.45. The number of benzene rings is 2. The lowest BCUT2D eigenvalue weighted by Crippen LogP contribution is -2.20. The minimum Gasteiger partial charge on any atom is -0.449 e. The van der Waals surface area contributed by atoms with Gasteiger partial charge in [0.15, 0.2) is 0 Å². The summed E-state index contributed by atoms with van der Waals surface area (Å²) in [6.45, 7) is 0.392. The van der Waals surface area contributed by atoms with Crippen molar-refractivity contribution >= 4 is 17.9 Å². The van der Waals surface area contributed by atoms with E-state index >= 15 is 0 Å². The SMILES string of the molecule is O=C(Nc1ccccc1)OCC1C=Cc2ccccc2C1. The first-order valence-corrected chi connectivity index (χ1v) is 7.06. The lowest BCUT2D eigenvalue weighted by Gasteiger charge is -2.19. The van der Waals surface area contributed by atoms with Crippen LogP contribution < -0.4 is 5.32 Å². The van der Waals surface area contributed by atoms with E-state index in [1.54, 1.807) is 0 Å². The third-order valence-corrected chi connectivity index (χ3v) is 3.53. The molecule has 0 saturated heterocycles. The Kier molecular flexibility index (Phi) is 4.01. The predicted molar refractivity (Wildman–Crippen MR) is 84.1 cm³/mol. The van der Waals surface area contributed by atoms with Crippen molar-refractivity contribution in [2.24, 2.45) is 5.92 Å². The van der Waals surface area contributed by atoms with Crippen LogP contribution in [0.5, 0.6) is 0 Å². The maximum Gasteiger partial charge on any atom is 0.411 e. The number of carbonyl (C=O) groups is 1. The Hall–Kier alpha value is -2.55. The number of carbonyl (C=O) groups excluding carboxylic acids is 1. The average molecular weight is 279 g/mol. The Labute approximate surface area is 124 Å². The summed E-state index contributed by atoms with van der Waals surface area (Å²) in [5.41, 5.74) is 3.30. The van der Waals surface area contributed by atoms with Crippen molar-refractivity contribution in [3.8, 4) is 0 Å². The molecule has 1 aliphatic carbocycles. The van der Waals surface area contributed by atoms with E-state index in [0.717, 1.165) is 12.1 Å². The third kappa shape index (κ3) is 3.51. The lowest BCUT2D eigenvalue weighted by molar-refractivity contribution is 0.149. The first kappa shape index (κ1) is 13.4. The molecule has 1 atom stereocenters. The van der Waals surface area contributed by atoms with Crippen molar-refractivity contribution in [1.82, 2.24) is 0 Å². The Bertz CT molecular complexity index is 649. The molecule has 1 N–H and O–H groups in total. The molecule has 1 amide bonds. The number of anilines is 1. The van der Waals surface area contributed by atoms with Gasteiger partial charge in [0.1, 0.15) is 0 Å². The molecule has 0 saturated carbocycles. The quantitative estimate of drug-likeness (QED) is 0.917. The molecular formula is C18H17NO2. The molecule has 1 aliphatic rings. The van der Waals surface area contributed by atoms with Gasteiger partial charge in [0.25, 0.3) is 0 Å². The molecule has 21 heavy (non-hydrogen) atoms. The third-order valence-electron chi connectivity index (χ3n) is 3.53. The standard InChI is InChI=1S/C18H17NO2/c20-18(19-17-8-2-1-3-9-17)21-13-14-10-11-15-6-4-5-7-16(15)12-14/h1-11,14H,12-13H2,(H,19,20). The van der Waals surface area contributed by atoms with Crippen molar-refractivity contribution in [2.75, 3.05) is 11.9 Å². The fraction of sp³-hybridized carbons (Fsp3) is 0.167. The largest absolute Gasteiger partial charge is 0.449 e. The highest BCUT2D eigenvalue weighted by Crippen LogP contribution is 2.22. The van der Waals surface area contributed by atoms with Gasteiger partial charge in [0.05, 0.1) is 6.61 Å². The Morgan fingerprint density at radius 1 is 1.10 bits per heavy atom. The summed E-state index contributed by atoms with van der Waals surface area (Å²) in [5.74, 6) is 0.237.